The average Bonchev–Trinajstić information content (AvgIpc) is 2.39. The Bertz CT molecular complexity index is 563. The van der Waals surface area contributed by atoms with E-state index in [0.717, 1.165) is 5.69 Å². The molecular formula is C14H14N2O2. The fourth-order valence-corrected chi connectivity index (χ4v) is 1.49. The van der Waals surface area contributed by atoms with Gasteiger partial charge in [-0.05, 0) is 37.3 Å². The van der Waals surface area contributed by atoms with Gasteiger partial charge in [-0.3, -0.25) is 0 Å². The van der Waals surface area contributed by atoms with E-state index in [1.165, 1.54) is 11.6 Å². The van der Waals surface area contributed by atoms with E-state index in [1.54, 1.807) is 12.1 Å². The van der Waals surface area contributed by atoms with Gasteiger partial charge in [-0.2, -0.15) is 10.2 Å². The second-order valence-electron chi connectivity index (χ2n) is 4.01. The molecule has 0 fully saturated rings. The molecule has 2 aromatic rings. The largest absolute Gasteiger partial charge is 0.508 e. The van der Waals surface area contributed by atoms with E-state index in [1.807, 2.05) is 31.2 Å². The summed E-state index contributed by atoms with van der Waals surface area (Å²) in [4.78, 5) is 0. The fourth-order valence-electron chi connectivity index (χ4n) is 1.49. The SMILES string of the molecule is Cc1ccc(N=Nc2ccc(O)c(CO)c2)cc1. The van der Waals surface area contributed by atoms with Crippen LogP contribution in [0, 0.1) is 6.92 Å². The van der Waals surface area contributed by atoms with E-state index in [9.17, 15) is 5.11 Å². The van der Waals surface area contributed by atoms with Crippen molar-refractivity contribution in [3.05, 3.63) is 53.6 Å². The second kappa shape index (κ2) is 5.42. The van der Waals surface area contributed by atoms with Gasteiger partial charge < -0.3 is 10.2 Å². The zero-order chi connectivity index (χ0) is 13.0. The number of aliphatic hydroxyl groups is 1. The van der Waals surface area contributed by atoms with Crippen molar-refractivity contribution >= 4 is 11.4 Å². The standard InChI is InChI=1S/C14H14N2O2/c1-10-2-4-12(5-3-10)15-16-13-6-7-14(18)11(8-13)9-17/h2-8,17-18H,9H2,1H3. The molecule has 0 aliphatic heterocycles. The Hall–Kier alpha value is -2.20. The molecule has 0 atom stereocenters. The number of aromatic hydroxyl groups is 1. The number of aliphatic hydroxyl groups excluding tert-OH is 1. The molecule has 0 saturated heterocycles. The minimum Gasteiger partial charge on any atom is -0.508 e. The first-order valence-electron chi connectivity index (χ1n) is 5.60. The van der Waals surface area contributed by atoms with E-state index >= 15 is 0 Å². The summed E-state index contributed by atoms with van der Waals surface area (Å²) >= 11 is 0. The van der Waals surface area contributed by atoms with Gasteiger partial charge >= 0.3 is 0 Å². The fraction of sp³-hybridized carbons (Fsp3) is 0.143. The lowest BCUT2D eigenvalue weighted by molar-refractivity contribution is 0.275. The lowest BCUT2D eigenvalue weighted by Gasteiger charge is -2.01. The molecule has 0 amide bonds. The van der Waals surface area contributed by atoms with Crippen LogP contribution in [0.4, 0.5) is 11.4 Å². The number of nitrogens with zero attached hydrogens (tertiary/aromatic N) is 2. The van der Waals surface area contributed by atoms with Crippen molar-refractivity contribution in [2.75, 3.05) is 0 Å². The molecule has 0 saturated carbocycles. The van der Waals surface area contributed by atoms with Crippen LogP contribution in [0.25, 0.3) is 0 Å². The third-order valence-corrected chi connectivity index (χ3v) is 2.55. The highest BCUT2D eigenvalue weighted by atomic mass is 16.3. The summed E-state index contributed by atoms with van der Waals surface area (Å²) < 4.78 is 0. The summed E-state index contributed by atoms with van der Waals surface area (Å²) in [6.07, 6.45) is 0. The highest BCUT2D eigenvalue weighted by molar-refractivity contribution is 5.47. The molecule has 2 N–H and O–H groups in total. The molecule has 0 spiro atoms. The summed E-state index contributed by atoms with van der Waals surface area (Å²) in [7, 11) is 0. The predicted molar refractivity (Wildman–Crippen MR) is 69.4 cm³/mol. The van der Waals surface area contributed by atoms with Gasteiger partial charge in [0, 0.05) is 5.56 Å². The molecule has 92 valence electrons. The normalized spacial score (nSPS) is 11.0. The quantitative estimate of drug-likeness (QED) is 0.807. The maximum atomic E-state index is 9.42. The van der Waals surface area contributed by atoms with Crippen LogP contribution in [0.5, 0.6) is 5.75 Å². The molecule has 0 unspecified atom stereocenters. The Morgan fingerprint density at radius 1 is 0.944 bits per heavy atom. The molecule has 0 heterocycles. The maximum absolute atomic E-state index is 9.42. The Morgan fingerprint density at radius 2 is 1.56 bits per heavy atom. The van der Waals surface area contributed by atoms with Crippen LogP contribution in [-0.4, -0.2) is 10.2 Å². The molecule has 0 aliphatic carbocycles. The molecule has 4 heteroatoms. The number of azo groups is 1. The number of phenols is 1. The van der Waals surface area contributed by atoms with Crippen molar-refractivity contribution in [1.82, 2.24) is 0 Å². The van der Waals surface area contributed by atoms with Crippen molar-refractivity contribution < 1.29 is 10.2 Å². The van der Waals surface area contributed by atoms with E-state index in [0.29, 0.717) is 11.3 Å². The minimum absolute atomic E-state index is 0.0618. The molecule has 0 bridgehead atoms. The summed E-state index contributed by atoms with van der Waals surface area (Å²) in [5, 5.41) is 26.6. The number of benzene rings is 2. The van der Waals surface area contributed by atoms with Crippen molar-refractivity contribution in [2.45, 2.75) is 13.5 Å². The monoisotopic (exact) mass is 242 g/mol. The lowest BCUT2D eigenvalue weighted by Crippen LogP contribution is -1.82. The van der Waals surface area contributed by atoms with Gasteiger partial charge in [0.15, 0.2) is 0 Å². The molecular weight excluding hydrogens is 228 g/mol. The summed E-state index contributed by atoms with van der Waals surface area (Å²) in [5.41, 5.74) is 2.97. The Labute approximate surface area is 105 Å². The molecule has 4 nitrogen and oxygen atoms in total. The van der Waals surface area contributed by atoms with Crippen LogP contribution < -0.4 is 0 Å². The third-order valence-electron chi connectivity index (χ3n) is 2.55. The Balaban J connectivity index is 2.20. The Morgan fingerprint density at radius 3 is 2.22 bits per heavy atom. The van der Waals surface area contributed by atoms with Gasteiger partial charge in [0.05, 0.1) is 18.0 Å². The van der Waals surface area contributed by atoms with E-state index in [2.05, 4.69) is 10.2 Å². The van der Waals surface area contributed by atoms with Crippen LogP contribution in [0.1, 0.15) is 11.1 Å². The van der Waals surface area contributed by atoms with Crippen molar-refractivity contribution in [3.8, 4) is 5.75 Å². The molecule has 0 aliphatic rings. The van der Waals surface area contributed by atoms with Crippen molar-refractivity contribution in [1.29, 1.82) is 0 Å². The highest BCUT2D eigenvalue weighted by Gasteiger charge is 2.00. The minimum atomic E-state index is -0.222. The summed E-state index contributed by atoms with van der Waals surface area (Å²) in [5.74, 6) is 0.0618. The lowest BCUT2D eigenvalue weighted by atomic mass is 10.2. The molecule has 2 aromatic carbocycles. The molecule has 18 heavy (non-hydrogen) atoms. The zero-order valence-electron chi connectivity index (χ0n) is 10.0. The molecule has 0 radical (unpaired) electrons. The third kappa shape index (κ3) is 2.93. The number of hydrogen-bond donors (Lipinski definition) is 2. The van der Waals surface area contributed by atoms with Crippen LogP contribution in [0.15, 0.2) is 52.7 Å². The first kappa shape index (κ1) is 12.3. The number of aryl methyl sites for hydroxylation is 1. The molecule has 2 rings (SSSR count). The first-order chi connectivity index (χ1) is 8.69. The van der Waals surface area contributed by atoms with Gasteiger partial charge in [-0.1, -0.05) is 17.7 Å². The smallest absolute Gasteiger partial charge is 0.121 e. The van der Waals surface area contributed by atoms with Gasteiger partial charge in [-0.25, -0.2) is 0 Å². The Kier molecular flexibility index (Phi) is 3.69. The van der Waals surface area contributed by atoms with Crippen LogP contribution in [0.3, 0.4) is 0 Å². The van der Waals surface area contributed by atoms with Crippen molar-refractivity contribution in [2.24, 2.45) is 10.2 Å². The zero-order valence-corrected chi connectivity index (χ0v) is 10.0. The second-order valence-corrected chi connectivity index (χ2v) is 4.01. The van der Waals surface area contributed by atoms with Crippen LogP contribution in [0.2, 0.25) is 0 Å². The van der Waals surface area contributed by atoms with Crippen LogP contribution >= 0.6 is 0 Å². The first-order valence-corrected chi connectivity index (χ1v) is 5.60. The summed E-state index contributed by atoms with van der Waals surface area (Å²) in [6.45, 7) is 1.79. The molecule has 0 aromatic heterocycles. The van der Waals surface area contributed by atoms with E-state index in [-0.39, 0.29) is 12.4 Å². The van der Waals surface area contributed by atoms with Gasteiger partial charge in [-0.15, -0.1) is 0 Å². The predicted octanol–water partition coefficient (Wildman–Crippen LogP) is 3.61. The van der Waals surface area contributed by atoms with Gasteiger partial charge in [0.2, 0.25) is 0 Å². The highest BCUT2D eigenvalue weighted by Crippen LogP contribution is 2.25. The summed E-state index contributed by atoms with van der Waals surface area (Å²) in [6, 6.07) is 12.4. The van der Waals surface area contributed by atoms with E-state index in [4.69, 9.17) is 5.11 Å². The van der Waals surface area contributed by atoms with E-state index < -0.39 is 0 Å². The van der Waals surface area contributed by atoms with Crippen LogP contribution in [-0.2, 0) is 6.61 Å². The average molecular weight is 242 g/mol. The number of hydrogen-bond acceptors (Lipinski definition) is 4. The maximum Gasteiger partial charge on any atom is 0.121 e. The number of rotatable bonds is 3. The van der Waals surface area contributed by atoms with Gasteiger partial charge in [0.1, 0.15) is 5.75 Å². The van der Waals surface area contributed by atoms with Crippen molar-refractivity contribution in [3.63, 3.8) is 0 Å². The van der Waals surface area contributed by atoms with Gasteiger partial charge in [0.25, 0.3) is 0 Å². The topological polar surface area (TPSA) is 65.2 Å².